The van der Waals surface area contributed by atoms with E-state index in [9.17, 15) is 0 Å². The molecule has 0 aliphatic carbocycles. The highest BCUT2D eigenvalue weighted by molar-refractivity contribution is 6.35. The summed E-state index contributed by atoms with van der Waals surface area (Å²) in [6.45, 7) is 2.00. The number of aromatic amines is 1. The summed E-state index contributed by atoms with van der Waals surface area (Å²) in [5.74, 6) is 0. The van der Waals surface area contributed by atoms with Gasteiger partial charge in [0.05, 0.1) is 16.7 Å². The molecule has 3 heteroatoms. The van der Waals surface area contributed by atoms with Gasteiger partial charge in [0, 0.05) is 17.8 Å². The number of hydrogen-bond donors (Lipinski definition) is 1. The molecule has 2 aromatic rings. The highest BCUT2D eigenvalue weighted by Gasteiger charge is 2.02. The molecule has 0 radical (unpaired) electrons. The molecule has 0 spiro atoms. The topological polar surface area (TPSA) is 28.7 Å². The number of fused-ring (bicyclic) bond motifs is 1. The Balaban J connectivity index is 2.96. The zero-order valence-corrected chi connectivity index (χ0v) is 6.81. The summed E-state index contributed by atoms with van der Waals surface area (Å²) in [4.78, 5) is 7.07. The SMILES string of the molecule is Cc1cncc2[nH]cc(Cl)c12. The summed E-state index contributed by atoms with van der Waals surface area (Å²) in [5, 5.41) is 1.83. The largest absolute Gasteiger partial charge is 0.358 e. The first-order valence-corrected chi connectivity index (χ1v) is 3.74. The Morgan fingerprint density at radius 1 is 1.45 bits per heavy atom. The van der Waals surface area contributed by atoms with Crippen LogP contribution in [-0.4, -0.2) is 9.97 Å². The molecule has 0 saturated carbocycles. The van der Waals surface area contributed by atoms with E-state index in [1.807, 2.05) is 13.1 Å². The quantitative estimate of drug-likeness (QED) is 0.640. The van der Waals surface area contributed by atoms with E-state index in [0.717, 1.165) is 21.5 Å². The van der Waals surface area contributed by atoms with Gasteiger partial charge in [-0.15, -0.1) is 0 Å². The zero-order valence-electron chi connectivity index (χ0n) is 6.06. The maximum absolute atomic E-state index is 5.92. The normalized spacial score (nSPS) is 10.7. The lowest BCUT2D eigenvalue weighted by atomic mass is 10.2. The molecule has 1 N–H and O–H groups in total. The van der Waals surface area contributed by atoms with Crippen molar-refractivity contribution in [3.8, 4) is 0 Å². The van der Waals surface area contributed by atoms with Gasteiger partial charge in [0.1, 0.15) is 0 Å². The predicted molar refractivity (Wildman–Crippen MR) is 45.8 cm³/mol. The van der Waals surface area contributed by atoms with E-state index in [1.165, 1.54) is 0 Å². The molecule has 0 unspecified atom stereocenters. The van der Waals surface area contributed by atoms with E-state index in [0.29, 0.717) is 0 Å². The number of aryl methyl sites for hydroxylation is 1. The number of nitrogens with zero attached hydrogens (tertiary/aromatic N) is 1. The van der Waals surface area contributed by atoms with Crippen molar-refractivity contribution in [1.29, 1.82) is 0 Å². The van der Waals surface area contributed by atoms with E-state index in [1.54, 1.807) is 12.4 Å². The fourth-order valence-electron chi connectivity index (χ4n) is 1.20. The van der Waals surface area contributed by atoms with Crippen molar-refractivity contribution < 1.29 is 0 Å². The molecule has 0 saturated heterocycles. The van der Waals surface area contributed by atoms with Gasteiger partial charge in [0.2, 0.25) is 0 Å². The van der Waals surface area contributed by atoms with Crippen LogP contribution in [0.2, 0.25) is 5.02 Å². The first kappa shape index (κ1) is 6.68. The molecule has 0 aliphatic rings. The molecule has 2 aromatic heterocycles. The smallest absolute Gasteiger partial charge is 0.0663 e. The van der Waals surface area contributed by atoms with Crippen LogP contribution in [0.25, 0.3) is 10.9 Å². The molecule has 56 valence electrons. The zero-order chi connectivity index (χ0) is 7.84. The molecule has 0 fully saturated rings. The van der Waals surface area contributed by atoms with E-state index in [-0.39, 0.29) is 0 Å². The van der Waals surface area contributed by atoms with Crippen molar-refractivity contribution in [1.82, 2.24) is 9.97 Å². The van der Waals surface area contributed by atoms with Crippen LogP contribution in [0.15, 0.2) is 18.6 Å². The molecule has 0 atom stereocenters. The van der Waals surface area contributed by atoms with Gasteiger partial charge in [-0.3, -0.25) is 4.98 Å². The summed E-state index contributed by atoms with van der Waals surface area (Å²) >= 11 is 5.92. The summed E-state index contributed by atoms with van der Waals surface area (Å²) in [6.07, 6.45) is 5.36. The van der Waals surface area contributed by atoms with E-state index >= 15 is 0 Å². The lowest BCUT2D eigenvalue weighted by molar-refractivity contribution is 1.30. The summed E-state index contributed by atoms with van der Waals surface area (Å²) in [5.41, 5.74) is 2.10. The Hall–Kier alpha value is -1.02. The Morgan fingerprint density at radius 3 is 3.00 bits per heavy atom. The van der Waals surface area contributed by atoms with Crippen LogP contribution in [-0.2, 0) is 0 Å². The first-order chi connectivity index (χ1) is 5.29. The third kappa shape index (κ3) is 0.906. The van der Waals surface area contributed by atoms with Gasteiger partial charge in [-0.1, -0.05) is 11.6 Å². The van der Waals surface area contributed by atoms with Crippen LogP contribution >= 0.6 is 11.6 Å². The van der Waals surface area contributed by atoms with Gasteiger partial charge in [0.15, 0.2) is 0 Å². The molecule has 11 heavy (non-hydrogen) atoms. The molecule has 0 amide bonds. The van der Waals surface area contributed by atoms with Gasteiger partial charge < -0.3 is 4.98 Å². The molecule has 2 heterocycles. The highest BCUT2D eigenvalue weighted by Crippen LogP contribution is 2.24. The van der Waals surface area contributed by atoms with Crippen molar-refractivity contribution in [3.05, 3.63) is 29.2 Å². The number of H-pyrrole nitrogens is 1. The fraction of sp³-hybridized carbons (Fsp3) is 0.125. The lowest BCUT2D eigenvalue weighted by Gasteiger charge is -1.93. The minimum atomic E-state index is 0.764. The standard InChI is InChI=1S/C8H7ClN2/c1-5-2-10-4-7-8(5)6(9)3-11-7/h2-4,11H,1H3. The van der Waals surface area contributed by atoms with Crippen molar-refractivity contribution >= 4 is 22.5 Å². The average Bonchev–Trinajstić information content (AvgIpc) is 2.34. The van der Waals surface area contributed by atoms with Crippen LogP contribution < -0.4 is 0 Å². The van der Waals surface area contributed by atoms with Crippen LogP contribution in [0.3, 0.4) is 0 Å². The predicted octanol–water partition coefficient (Wildman–Crippen LogP) is 2.52. The Kier molecular flexibility index (Phi) is 1.36. The number of nitrogens with one attached hydrogen (secondary N) is 1. The van der Waals surface area contributed by atoms with Crippen LogP contribution in [0, 0.1) is 6.92 Å². The van der Waals surface area contributed by atoms with E-state index in [4.69, 9.17) is 11.6 Å². The highest BCUT2D eigenvalue weighted by atomic mass is 35.5. The molecule has 0 aliphatic heterocycles. The van der Waals surface area contributed by atoms with Crippen molar-refractivity contribution in [2.45, 2.75) is 6.92 Å². The number of hydrogen-bond acceptors (Lipinski definition) is 1. The second-order valence-electron chi connectivity index (χ2n) is 2.52. The number of pyridine rings is 1. The maximum Gasteiger partial charge on any atom is 0.0663 e. The molecular formula is C8H7ClN2. The van der Waals surface area contributed by atoms with Crippen LogP contribution in [0.5, 0.6) is 0 Å². The molecule has 0 bridgehead atoms. The van der Waals surface area contributed by atoms with Gasteiger partial charge in [-0.2, -0.15) is 0 Å². The number of halogens is 1. The molecule has 0 aromatic carbocycles. The Morgan fingerprint density at radius 2 is 2.27 bits per heavy atom. The van der Waals surface area contributed by atoms with E-state index in [2.05, 4.69) is 9.97 Å². The summed E-state index contributed by atoms with van der Waals surface area (Å²) in [6, 6.07) is 0. The van der Waals surface area contributed by atoms with Crippen LogP contribution in [0.1, 0.15) is 5.56 Å². The van der Waals surface area contributed by atoms with Crippen molar-refractivity contribution in [2.24, 2.45) is 0 Å². The van der Waals surface area contributed by atoms with Crippen molar-refractivity contribution in [3.63, 3.8) is 0 Å². The van der Waals surface area contributed by atoms with E-state index < -0.39 is 0 Å². The fourth-order valence-corrected chi connectivity index (χ4v) is 1.51. The van der Waals surface area contributed by atoms with Crippen LogP contribution in [0.4, 0.5) is 0 Å². The Labute approximate surface area is 69.2 Å². The van der Waals surface area contributed by atoms with Gasteiger partial charge in [-0.05, 0) is 12.5 Å². The second-order valence-corrected chi connectivity index (χ2v) is 2.92. The summed E-state index contributed by atoms with van der Waals surface area (Å²) in [7, 11) is 0. The molecule has 2 nitrogen and oxygen atoms in total. The van der Waals surface area contributed by atoms with Gasteiger partial charge in [0.25, 0.3) is 0 Å². The molecular weight excluding hydrogens is 160 g/mol. The monoisotopic (exact) mass is 166 g/mol. The number of rotatable bonds is 0. The average molecular weight is 167 g/mol. The lowest BCUT2D eigenvalue weighted by Crippen LogP contribution is -1.77. The Bertz CT molecular complexity index is 392. The second kappa shape index (κ2) is 2.24. The van der Waals surface area contributed by atoms with Crippen molar-refractivity contribution in [2.75, 3.05) is 0 Å². The van der Waals surface area contributed by atoms with Gasteiger partial charge in [-0.25, -0.2) is 0 Å². The number of aromatic nitrogens is 2. The first-order valence-electron chi connectivity index (χ1n) is 3.36. The van der Waals surface area contributed by atoms with Gasteiger partial charge >= 0.3 is 0 Å². The molecule has 2 rings (SSSR count). The third-order valence-electron chi connectivity index (χ3n) is 1.73. The third-order valence-corrected chi connectivity index (χ3v) is 2.03. The maximum atomic E-state index is 5.92. The minimum Gasteiger partial charge on any atom is -0.358 e. The minimum absolute atomic E-state index is 0.764. The summed E-state index contributed by atoms with van der Waals surface area (Å²) < 4.78 is 0.